The van der Waals surface area contributed by atoms with Gasteiger partial charge >= 0.3 is 0 Å². The Morgan fingerprint density at radius 2 is 2.00 bits per heavy atom. The zero-order valence-corrected chi connectivity index (χ0v) is 17.6. The van der Waals surface area contributed by atoms with Crippen molar-refractivity contribution in [2.45, 2.75) is 43.8 Å². The van der Waals surface area contributed by atoms with E-state index in [2.05, 4.69) is 19.1 Å². The zero-order valence-electron chi connectivity index (χ0n) is 14.0. The van der Waals surface area contributed by atoms with Crippen molar-refractivity contribution in [1.82, 2.24) is 0 Å². The van der Waals surface area contributed by atoms with E-state index in [0.29, 0.717) is 18.8 Å². The molecule has 1 saturated carbocycles. The molecule has 0 aliphatic heterocycles. The maximum absolute atomic E-state index is 10.3. The SMILES string of the molecule is [CH2-]CC/C=C\C[C@@H]1[C@@H](COc2ccccc2CO)[C@H](O)C[C@H]1Cl.[Y]. The zero-order chi connectivity index (χ0) is 16.7. The van der Waals surface area contributed by atoms with Crippen molar-refractivity contribution in [2.24, 2.45) is 11.8 Å². The average molecular weight is 427 g/mol. The van der Waals surface area contributed by atoms with Crippen LogP contribution in [0.2, 0.25) is 0 Å². The molecular weight excluding hydrogens is 401 g/mol. The summed E-state index contributed by atoms with van der Waals surface area (Å²) in [5.41, 5.74) is 0.759. The van der Waals surface area contributed by atoms with Crippen LogP contribution >= 0.6 is 11.6 Å². The molecule has 131 valence electrons. The maximum atomic E-state index is 10.3. The van der Waals surface area contributed by atoms with Crippen molar-refractivity contribution >= 4 is 11.6 Å². The first-order valence-electron chi connectivity index (χ1n) is 8.25. The van der Waals surface area contributed by atoms with Gasteiger partial charge in [0.15, 0.2) is 0 Å². The quantitative estimate of drug-likeness (QED) is 0.378. The Hall–Kier alpha value is 0.0739. The molecule has 2 N–H and O–H groups in total. The molecule has 5 heteroatoms. The summed E-state index contributed by atoms with van der Waals surface area (Å²) in [5, 5.41) is 19.6. The molecule has 0 unspecified atom stereocenters. The molecule has 0 amide bonds. The molecule has 0 saturated heterocycles. The minimum absolute atomic E-state index is 0. The normalized spacial score (nSPS) is 26.5. The summed E-state index contributed by atoms with van der Waals surface area (Å²) < 4.78 is 5.88. The van der Waals surface area contributed by atoms with Gasteiger partial charge in [0.05, 0.1) is 19.3 Å². The van der Waals surface area contributed by atoms with Crippen LogP contribution in [0.3, 0.4) is 0 Å². The van der Waals surface area contributed by atoms with Gasteiger partial charge in [-0.1, -0.05) is 36.8 Å². The second-order valence-corrected chi connectivity index (χ2v) is 6.63. The van der Waals surface area contributed by atoms with Crippen molar-refractivity contribution in [3.05, 3.63) is 48.9 Å². The maximum Gasteiger partial charge on any atom is 0.124 e. The summed E-state index contributed by atoms with van der Waals surface area (Å²) in [4.78, 5) is 0. The summed E-state index contributed by atoms with van der Waals surface area (Å²) in [6.45, 7) is 4.17. The van der Waals surface area contributed by atoms with Crippen molar-refractivity contribution in [3.8, 4) is 5.75 Å². The van der Waals surface area contributed by atoms with Crippen LogP contribution < -0.4 is 4.74 Å². The molecular formula is C19H26ClO3Y-. The van der Waals surface area contributed by atoms with Crippen molar-refractivity contribution in [2.75, 3.05) is 6.61 Å². The summed E-state index contributed by atoms with van der Waals surface area (Å²) in [6, 6.07) is 7.43. The molecule has 1 aromatic rings. The van der Waals surface area contributed by atoms with Crippen molar-refractivity contribution in [3.63, 3.8) is 0 Å². The monoisotopic (exact) mass is 426 g/mol. The molecule has 3 nitrogen and oxygen atoms in total. The second kappa shape index (κ2) is 11.6. The number of aliphatic hydroxyl groups excluding tert-OH is 2. The number of ether oxygens (including phenoxy) is 1. The van der Waals surface area contributed by atoms with Crippen LogP contribution in [0.5, 0.6) is 5.75 Å². The average Bonchev–Trinajstić information content (AvgIpc) is 2.83. The minimum atomic E-state index is -0.440. The standard InChI is InChI=1S/C19H26ClO3.Y/c1-2-3-4-5-9-15-16(18(22)11-17(15)20)13-23-19-10-7-6-8-14(19)12-21;/h4-8,10,15-18,21-22H,1-3,9,11-13H2;/q-1;/b5-4-;/t15-,16-,17-,18-;/m1./s1. The van der Waals surface area contributed by atoms with Gasteiger partial charge in [-0.05, 0) is 24.8 Å². The van der Waals surface area contributed by atoms with Gasteiger partial charge in [-0.15, -0.1) is 11.6 Å². The largest absolute Gasteiger partial charge is 0.493 e. The fourth-order valence-corrected chi connectivity index (χ4v) is 3.61. The van der Waals surface area contributed by atoms with E-state index in [1.807, 2.05) is 24.3 Å². The molecule has 24 heavy (non-hydrogen) atoms. The van der Waals surface area contributed by atoms with E-state index in [0.717, 1.165) is 24.8 Å². The fraction of sp³-hybridized carbons (Fsp3) is 0.526. The third-order valence-electron chi connectivity index (χ3n) is 4.50. The van der Waals surface area contributed by atoms with Crippen LogP contribution in [0, 0.1) is 18.8 Å². The Morgan fingerprint density at radius 1 is 1.25 bits per heavy atom. The number of hydrogen-bond acceptors (Lipinski definition) is 3. The van der Waals surface area contributed by atoms with Crippen LogP contribution in [0.1, 0.15) is 31.2 Å². The van der Waals surface area contributed by atoms with Gasteiger partial charge in [0.25, 0.3) is 0 Å². The molecule has 0 spiro atoms. The Labute approximate surface area is 175 Å². The van der Waals surface area contributed by atoms with E-state index >= 15 is 0 Å². The van der Waals surface area contributed by atoms with Crippen LogP contribution in [0.4, 0.5) is 0 Å². The first-order chi connectivity index (χ1) is 11.2. The van der Waals surface area contributed by atoms with Crippen LogP contribution in [0.15, 0.2) is 36.4 Å². The summed E-state index contributed by atoms with van der Waals surface area (Å²) >= 11 is 6.42. The van der Waals surface area contributed by atoms with Gasteiger partial charge in [-0.3, -0.25) is 0 Å². The van der Waals surface area contributed by atoms with E-state index in [-0.39, 0.29) is 56.5 Å². The minimum Gasteiger partial charge on any atom is -0.493 e. The van der Waals surface area contributed by atoms with Gasteiger partial charge in [0.2, 0.25) is 0 Å². The number of halogens is 1. The molecule has 2 rings (SSSR count). The number of para-hydroxylation sites is 1. The molecule has 1 aliphatic rings. The smallest absolute Gasteiger partial charge is 0.124 e. The predicted octanol–water partition coefficient (Wildman–Crippen LogP) is 3.72. The predicted molar refractivity (Wildman–Crippen MR) is 93.5 cm³/mol. The number of aliphatic hydroxyl groups is 2. The van der Waals surface area contributed by atoms with E-state index in [1.54, 1.807) is 0 Å². The molecule has 4 atom stereocenters. The summed E-state index contributed by atoms with van der Waals surface area (Å²) in [7, 11) is 0. The van der Waals surface area contributed by atoms with Crippen LogP contribution in [-0.4, -0.2) is 28.3 Å². The van der Waals surface area contributed by atoms with E-state index in [4.69, 9.17) is 16.3 Å². The number of rotatable bonds is 8. The Morgan fingerprint density at radius 3 is 2.71 bits per heavy atom. The van der Waals surface area contributed by atoms with Crippen molar-refractivity contribution in [1.29, 1.82) is 0 Å². The van der Waals surface area contributed by atoms with Gasteiger partial charge in [0.1, 0.15) is 5.75 Å². The van der Waals surface area contributed by atoms with Crippen LogP contribution in [0.25, 0.3) is 0 Å². The van der Waals surface area contributed by atoms with Crippen molar-refractivity contribution < 1.29 is 47.7 Å². The molecule has 1 fully saturated rings. The van der Waals surface area contributed by atoms with Gasteiger partial charge in [-0.25, -0.2) is 0 Å². The fourth-order valence-electron chi connectivity index (χ4n) is 3.14. The van der Waals surface area contributed by atoms with Crippen LogP contribution in [-0.2, 0) is 39.3 Å². The number of benzene rings is 1. The number of hydrogen-bond donors (Lipinski definition) is 2. The first-order valence-corrected chi connectivity index (χ1v) is 8.69. The first kappa shape index (κ1) is 22.1. The van der Waals surface area contributed by atoms with E-state index < -0.39 is 6.10 Å². The molecule has 0 aromatic heterocycles. The topological polar surface area (TPSA) is 49.7 Å². The summed E-state index contributed by atoms with van der Waals surface area (Å²) in [6.07, 6.45) is 7.13. The Kier molecular flexibility index (Phi) is 10.7. The number of allylic oxidation sites excluding steroid dienone is 2. The number of alkyl halides is 1. The van der Waals surface area contributed by atoms with Gasteiger partial charge < -0.3 is 21.9 Å². The Bertz CT molecular complexity index is 509. The van der Waals surface area contributed by atoms with Gasteiger partial charge in [-0.2, -0.15) is 6.42 Å². The molecule has 0 heterocycles. The molecule has 1 aliphatic carbocycles. The van der Waals surface area contributed by atoms with Gasteiger partial charge in [0, 0.05) is 49.6 Å². The summed E-state index contributed by atoms with van der Waals surface area (Å²) in [5.74, 6) is 0.884. The second-order valence-electron chi connectivity index (χ2n) is 6.07. The third-order valence-corrected chi connectivity index (χ3v) is 5.00. The van der Waals surface area contributed by atoms with E-state index in [1.165, 1.54) is 0 Å². The Balaban J connectivity index is 0.00000288. The molecule has 0 bridgehead atoms. The third kappa shape index (κ3) is 6.10. The number of unbranched alkanes of at least 4 members (excludes halogenated alkanes) is 1. The molecule has 1 aromatic carbocycles. The van der Waals surface area contributed by atoms with E-state index in [9.17, 15) is 10.2 Å². The molecule has 1 radical (unpaired) electrons.